The van der Waals surface area contributed by atoms with E-state index in [-0.39, 0.29) is 12.5 Å². The molecule has 0 radical (unpaired) electrons. The second kappa shape index (κ2) is 11.2. The van der Waals surface area contributed by atoms with E-state index in [0.29, 0.717) is 64.4 Å². The van der Waals surface area contributed by atoms with Crippen molar-refractivity contribution < 1.29 is 24.1 Å². The molecule has 2 aromatic carbocycles. The van der Waals surface area contributed by atoms with E-state index >= 15 is 0 Å². The molecule has 1 aromatic heterocycles. The van der Waals surface area contributed by atoms with Crippen molar-refractivity contribution in [1.82, 2.24) is 14.8 Å². The molecule has 0 saturated heterocycles. The summed E-state index contributed by atoms with van der Waals surface area (Å²) < 4.78 is 19.5. The number of hydrogen-bond acceptors (Lipinski definition) is 8. The summed E-state index contributed by atoms with van der Waals surface area (Å²) in [6.07, 6.45) is 1.03. The maximum atomic E-state index is 13.7. The maximum Gasteiger partial charge on any atom is 0.255 e. The molecule has 0 saturated carbocycles. The average molecular weight is 605 g/mol. The number of ether oxygens (including phenoxy) is 3. The van der Waals surface area contributed by atoms with Crippen LogP contribution in [0.3, 0.4) is 0 Å². The molecule has 1 amide bonds. The van der Waals surface area contributed by atoms with E-state index in [0.717, 1.165) is 3.57 Å². The van der Waals surface area contributed by atoms with Crippen LogP contribution in [0.15, 0.2) is 47.7 Å². The SMILES string of the molecule is COc1cc(OC)c(C2C(C(=O)Nc3ccc(I)cc3)=C(C)Nc3nc(CCCO)nn32)cc1OC. The number of anilines is 2. The minimum atomic E-state index is -0.671. The third kappa shape index (κ3) is 5.12. The van der Waals surface area contributed by atoms with Crippen molar-refractivity contribution in [3.05, 3.63) is 62.6 Å². The topological polar surface area (TPSA) is 120 Å². The van der Waals surface area contributed by atoms with Crippen molar-refractivity contribution in [3.63, 3.8) is 0 Å². The third-order valence-electron chi connectivity index (χ3n) is 5.83. The zero-order valence-corrected chi connectivity index (χ0v) is 22.6. The Labute approximate surface area is 222 Å². The summed E-state index contributed by atoms with van der Waals surface area (Å²) in [5.41, 5.74) is 2.41. The van der Waals surface area contributed by atoms with Crippen molar-refractivity contribution in [1.29, 1.82) is 0 Å². The Hall–Kier alpha value is -3.32. The first kappa shape index (κ1) is 25.8. The summed E-state index contributed by atoms with van der Waals surface area (Å²) in [6.45, 7) is 1.86. The van der Waals surface area contributed by atoms with Crippen LogP contribution in [-0.4, -0.2) is 53.7 Å². The number of methoxy groups -OCH3 is 3. The molecule has 10 nitrogen and oxygen atoms in total. The Morgan fingerprint density at radius 2 is 1.78 bits per heavy atom. The molecule has 0 fully saturated rings. The number of aromatic nitrogens is 3. The van der Waals surface area contributed by atoms with Crippen LogP contribution in [0.2, 0.25) is 0 Å². The molecule has 190 valence electrons. The van der Waals surface area contributed by atoms with Gasteiger partial charge >= 0.3 is 0 Å². The van der Waals surface area contributed by atoms with Gasteiger partial charge in [0.2, 0.25) is 5.95 Å². The minimum absolute atomic E-state index is 0.0329. The fourth-order valence-corrected chi connectivity index (χ4v) is 4.48. The van der Waals surface area contributed by atoms with Gasteiger partial charge in [0.05, 0.1) is 26.9 Å². The lowest BCUT2D eigenvalue weighted by Gasteiger charge is -2.30. The van der Waals surface area contributed by atoms with Crippen LogP contribution < -0.4 is 24.8 Å². The van der Waals surface area contributed by atoms with Gasteiger partial charge < -0.3 is 30.0 Å². The van der Waals surface area contributed by atoms with E-state index in [2.05, 4.69) is 38.2 Å². The van der Waals surface area contributed by atoms with E-state index in [1.165, 1.54) is 0 Å². The molecule has 11 heteroatoms. The number of aliphatic hydroxyl groups excluding tert-OH is 1. The van der Waals surface area contributed by atoms with Crippen molar-refractivity contribution in [2.24, 2.45) is 0 Å². The highest BCUT2D eigenvalue weighted by atomic mass is 127. The highest BCUT2D eigenvalue weighted by Gasteiger charge is 2.36. The largest absolute Gasteiger partial charge is 0.496 e. The van der Waals surface area contributed by atoms with Crippen LogP contribution >= 0.6 is 22.6 Å². The number of carbonyl (C=O) groups excluding carboxylic acids is 1. The number of nitrogens with one attached hydrogen (secondary N) is 2. The van der Waals surface area contributed by atoms with Gasteiger partial charge in [-0.3, -0.25) is 4.79 Å². The first-order chi connectivity index (χ1) is 17.4. The molecule has 0 spiro atoms. The molecule has 1 aliphatic heterocycles. The van der Waals surface area contributed by atoms with Crippen molar-refractivity contribution in [3.8, 4) is 17.2 Å². The van der Waals surface area contributed by atoms with Crippen LogP contribution in [0.25, 0.3) is 0 Å². The standard InChI is InChI=1S/C25H28IN5O5/c1-14-22(24(33)28-16-9-7-15(26)8-10-16)23(31-25(27-14)29-21(30-31)6-5-11-32)17-12-19(35-3)20(36-4)13-18(17)34-2/h7-10,12-13,23,32H,5-6,11H2,1-4H3,(H,28,33)(H,27,29,30). The highest BCUT2D eigenvalue weighted by Crippen LogP contribution is 2.44. The average Bonchev–Trinajstić information content (AvgIpc) is 3.29. The molecule has 0 aliphatic carbocycles. The number of rotatable bonds is 9. The van der Waals surface area contributed by atoms with E-state index in [4.69, 9.17) is 19.3 Å². The van der Waals surface area contributed by atoms with Crippen LogP contribution in [0, 0.1) is 3.57 Å². The zero-order chi connectivity index (χ0) is 25.8. The Morgan fingerprint density at radius 3 is 2.42 bits per heavy atom. The van der Waals surface area contributed by atoms with Crippen molar-refractivity contribution >= 4 is 40.1 Å². The predicted molar refractivity (Wildman–Crippen MR) is 144 cm³/mol. The van der Waals surface area contributed by atoms with Gasteiger partial charge in [-0.05, 0) is 66.3 Å². The lowest BCUT2D eigenvalue weighted by Crippen LogP contribution is -2.31. The molecule has 4 rings (SSSR count). The summed E-state index contributed by atoms with van der Waals surface area (Å²) in [6, 6.07) is 10.4. The number of aryl methyl sites for hydroxylation is 1. The first-order valence-electron chi connectivity index (χ1n) is 11.3. The normalized spacial score (nSPS) is 14.7. The molecular weight excluding hydrogens is 577 g/mol. The number of nitrogens with zero attached hydrogens (tertiary/aromatic N) is 3. The number of amides is 1. The second-order valence-corrected chi connectivity index (χ2v) is 9.35. The van der Waals surface area contributed by atoms with Gasteiger partial charge in [-0.15, -0.1) is 0 Å². The van der Waals surface area contributed by atoms with Gasteiger partial charge in [0, 0.05) is 39.6 Å². The summed E-state index contributed by atoms with van der Waals surface area (Å²) in [5.74, 6) is 2.26. The van der Waals surface area contributed by atoms with Crippen molar-refractivity contribution in [2.45, 2.75) is 25.8 Å². The number of carbonyl (C=O) groups is 1. The number of hydrogen-bond donors (Lipinski definition) is 3. The number of allylic oxidation sites excluding steroid dienone is 1. The maximum absolute atomic E-state index is 13.7. The van der Waals surface area contributed by atoms with E-state index in [9.17, 15) is 9.90 Å². The second-order valence-electron chi connectivity index (χ2n) is 8.10. The van der Waals surface area contributed by atoms with E-state index in [1.807, 2.05) is 31.2 Å². The fraction of sp³-hybridized carbons (Fsp3) is 0.320. The van der Waals surface area contributed by atoms with Gasteiger partial charge in [-0.1, -0.05) is 0 Å². The third-order valence-corrected chi connectivity index (χ3v) is 6.55. The predicted octanol–water partition coefficient (Wildman–Crippen LogP) is 3.76. The summed E-state index contributed by atoms with van der Waals surface area (Å²) in [5, 5.41) is 20.2. The molecule has 1 unspecified atom stereocenters. The molecular formula is C25H28IN5O5. The van der Waals surface area contributed by atoms with Crippen LogP contribution in [0.4, 0.5) is 11.6 Å². The fourth-order valence-electron chi connectivity index (χ4n) is 4.12. The van der Waals surface area contributed by atoms with Crippen LogP contribution in [0.5, 0.6) is 17.2 Å². The lowest BCUT2D eigenvalue weighted by molar-refractivity contribution is -0.113. The zero-order valence-electron chi connectivity index (χ0n) is 20.5. The van der Waals surface area contributed by atoms with Gasteiger partial charge in [-0.2, -0.15) is 10.1 Å². The monoisotopic (exact) mass is 605 g/mol. The molecule has 36 heavy (non-hydrogen) atoms. The number of benzene rings is 2. The molecule has 1 atom stereocenters. The summed E-state index contributed by atoms with van der Waals surface area (Å²) >= 11 is 2.22. The molecule has 0 bridgehead atoms. The van der Waals surface area contributed by atoms with E-state index in [1.54, 1.807) is 38.1 Å². The number of halogens is 1. The summed E-state index contributed by atoms with van der Waals surface area (Å²) in [4.78, 5) is 18.3. The summed E-state index contributed by atoms with van der Waals surface area (Å²) in [7, 11) is 4.66. The Balaban J connectivity index is 1.86. The van der Waals surface area contributed by atoms with Gasteiger partial charge in [-0.25, -0.2) is 4.68 Å². The first-order valence-corrected chi connectivity index (χ1v) is 12.4. The molecule has 3 N–H and O–H groups in total. The van der Waals surface area contributed by atoms with Crippen molar-refractivity contribution in [2.75, 3.05) is 38.6 Å². The smallest absolute Gasteiger partial charge is 0.255 e. The Morgan fingerprint density at radius 1 is 1.11 bits per heavy atom. The van der Waals surface area contributed by atoms with Gasteiger partial charge in [0.15, 0.2) is 17.3 Å². The molecule has 3 aromatic rings. The Kier molecular flexibility index (Phi) is 7.99. The molecule has 2 heterocycles. The van der Waals surface area contributed by atoms with Gasteiger partial charge in [0.25, 0.3) is 5.91 Å². The Bertz CT molecular complexity index is 1290. The van der Waals surface area contributed by atoms with Crippen LogP contribution in [-0.2, 0) is 11.2 Å². The van der Waals surface area contributed by atoms with Crippen LogP contribution in [0.1, 0.15) is 30.8 Å². The quantitative estimate of drug-likeness (QED) is 0.316. The lowest BCUT2D eigenvalue weighted by atomic mass is 9.93. The molecule has 1 aliphatic rings. The highest BCUT2D eigenvalue weighted by molar-refractivity contribution is 14.1. The minimum Gasteiger partial charge on any atom is -0.496 e. The number of fused-ring (bicyclic) bond motifs is 1. The van der Waals surface area contributed by atoms with Gasteiger partial charge in [0.1, 0.15) is 11.8 Å². The van der Waals surface area contributed by atoms with E-state index < -0.39 is 6.04 Å². The number of aliphatic hydroxyl groups is 1.